The first-order valence-electron chi connectivity index (χ1n) is 8.19. The molecule has 0 spiro atoms. The molecule has 0 aromatic heterocycles. The summed E-state index contributed by atoms with van der Waals surface area (Å²) in [5, 5.41) is 10.7. The third-order valence-corrected chi connectivity index (χ3v) is 4.40. The number of carbonyl (C=O) groups excluding carboxylic acids is 1. The van der Waals surface area contributed by atoms with E-state index in [1.165, 1.54) is 12.7 Å². The van der Waals surface area contributed by atoms with Gasteiger partial charge in [0.2, 0.25) is 0 Å². The Balaban J connectivity index is 1.92. The summed E-state index contributed by atoms with van der Waals surface area (Å²) >= 11 is 0. The molecule has 1 aromatic carbocycles. The van der Waals surface area contributed by atoms with Gasteiger partial charge in [0, 0.05) is 19.6 Å². The first-order valence-corrected chi connectivity index (χ1v) is 8.19. The standard InChI is InChI=1S/C18H28N2O3/c1-19(2)14-18(22)9-4-11-20(12-10-18)13-15-5-7-16(8-6-15)17(21)23-3/h5-8,22H,4,9-14H2,1-3H3. The Morgan fingerprint density at radius 2 is 1.96 bits per heavy atom. The number of likely N-dealkylation sites (tertiary alicyclic amines) is 1. The van der Waals surface area contributed by atoms with Crippen LogP contribution in [-0.2, 0) is 11.3 Å². The predicted molar refractivity (Wildman–Crippen MR) is 90.4 cm³/mol. The van der Waals surface area contributed by atoms with E-state index in [9.17, 15) is 9.90 Å². The SMILES string of the molecule is COC(=O)c1ccc(CN2CCCC(O)(CN(C)C)CC2)cc1. The lowest BCUT2D eigenvalue weighted by Crippen LogP contribution is -2.40. The summed E-state index contributed by atoms with van der Waals surface area (Å²) in [4.78, 5) is 15.9. The van der Waals surface area contributed by atoms with Crippen molar-refractivity contribution in [3.05, 3.63) is 35.4 Å². The summed E-state index contributed by atoms with van der Waals surface area (Å²) in [5.41, 5.74) is 1.18. The third kappa shape index (κ3) is 5.30. The maximum absolute atomic E-state index is 11.5. The summed E-state index contributed by atoms with van der Waals surface area (Å²) in [6, 6.07) is 7.56. The Hall–Kier alpha value is -1.43. The number of likely N-dealkylation sites (N-methyl/N-ethyl adjacent to an activating group) is 1. The molecule has 0 saturated carbocycles. The second-order valence-electron chi connectivity index (χ2n) is 6.78. The third-order valence-electron chi connectivity index (χ3n) is 4.40. The Labute approximate surface area is 138 Å². The number of benzene rings is 1. The Morgan fingerprint density at radius 1 is 1.26 bits per heavy atom. The van der Waals surface area contributed by atoms with Crippen LogP contribution in [0.15, 0.2) is 24.3 Å². The van der Waals surface area contributed by atoms with Gasteiger partial charge < -0.3 is 14.7 Å². The van der Waals surface area contributed by atoms with Crippen molar-refractivity contribution in [2.24, 2.45) is 0 Å². The molecule has 0 aliphatic carbocycles. The van der Waals surface area contributed by atoms with Crippen molar-refractivity contribution < 1.29 is 14.6 Å². The minimum absolute atomic E-state index is 0.305. The highest BCUT2D eigenvalue weighted by atomic mass is 16.5. The lowest BCUT2D eigenvalue weighted by atomic mass is 9.94. The quantitative estimate of drug-likeness (QED) is 0.838. The first-order chi connectivity index (χ1) is 10.9. The normalized spacial score (nSPS) is 22.8. The molecule has 0 radical (unpaired) electrons. The first kappa shape index (κ1) is 17.9. The molecule has 0 bridgehead atoms. The van der Waals surface area contributed by atoms with Gasteiger partial charge in [0.15, 0.2) is 0 Å². The fourth-order valence-corrected chi connectivity index (χ4v) is 3.26. The number of hydrogen-bond acceptors (Lipinski definition) is 5. The van der Waals surface area contributed by atoms with Gasteiger partial charge in [-0.1, -0.05) is 12.1 Å². The molecule has 1 atom stereocenters. The fourth-order valence-electron chi connectivity index (χ4n) is 3.26. The lowest BCUT2D eigenvalue weighted by Gasteiger charge is -2.30. The zero-order chi connectivity index (χ0) is 16.9. The molecule has 1 N–H and O–H groups in total. The highest BCUT2D eigenvalue weighted by molar-refractivity contribution is 5.89. The molecule has 1 heterocycles. The zero-order valence-electron chi connectivity index (χ0n) is 14.4. The maximum atomic E-state index is 11.5. The van der Waals surface area contributed by atoms with Crippen molar-refractivity contribution in [2.45, 2.75) is 31.4 Å². The number of aliphatic hydroxyl groups is 1. The van der Waals surface area contributed by atoms with Crippen LogP contribution in [0.2, 0.25) is 0 Å². The van der Waals surface area contributed by atoms with E-state index in [1.54, 1.807) is 12.1 Å². The van der Waals surface area contributed by atoms with Crippen LogP contribution in [0.5, 0.6) is 0 Å². The van der Waals surface area contributed by atoms with Crippen LogP contribution in [0.25, 0.3) is 0 Å². The average molecular weight is 320 g/mol. The molecule has 5 heteroatoms. The molecule has 2 rings (SSSR count). The van der Waals surface area contributed by atoms with Gasteiger partial charge in [-0.2, -0.15) is 0 Å². The maximum Gasteiger partial charge on any atom is 0.337 e. The van der Waals surface area contributed by atoms with Crippen molar-refractivity contribution in [3.63, 3.8) is 0 Å². The molecule has 1 aromatic rings. The van der Waals surface area contributed by atoms with Crippen molar-refractivity contribution in [2.75, 3.05) is 40.8 Å². The summed E-state index contributed by atoms with van der Waals surface area (Å²) in [6.45, 7) is 3.45. The van der Waals surface area contributed by atoms with Crippen LogP contribution in [0.4, 0.5) is 0 Å². The highest BCUT2D eigenvalue weighted by Gasteiger charge is 2.30. The molecule has 1 saturated heterocycles. The summed E-state index contributed by atoms with van der Waals surface area (Å²) in [7, 11) is 5.40. The molecule has 1 fully saturated rings. The Morgan fingerprint density at radius 3 is 2.57 bits per heavy atom. The number of nitrogens with zero attached hydrogens (tertiary/aromatic N) is 2. The second-order valence-corrected chi connectivity index (χ2v) is 6.78. The van der Waals surface area contributed by atoms with E-state index < -0.39 is 5.60 Å². The molecule has 5 nitrogen and oxygen atoms in total. The van der Waals surface area contributed by atoms with Gasteiger partial charge >= 0.3 is 5.97 Å². The van der Waals surface area contributed by atoms with Gasteiger partial charge in [0.05, 0.1) is 18.3 Å². The molecule has 23 heavy (non-hydrogen) atoms. The number of hydrogen-bond donors (Lipinski definition) is 1. The topological polar surface area (TPSA) is 53.0 Å². The number of methoxy groups -OCH3 is 1. The molecular weight excluding hydrogens is 292 g/mol. The van der Waals surface area contributed by atoms with Crippen molar-refractivity contribution in [1.29, 1.82) is 0 Å². The molecule has 1 unspecified atom stereocenters. The van der Waals surface area contributed by atoms with Gasteiger partial charge in [0.1, 0.15) is 0 Å². The molecule has 0 amide bonds. The molecule has 128 valence electrons. The van der Waals surface area contributed by atoms with E-state index in [4.69, 9.17) is 4.74 Å². The van der Waals surface area contributed by atoms with E-state index in [2.05, 4.69) is 9.80 Å². The number of rotatable bonds is 5. The van der Waals surface area contributed by atoms with E-state index in [0.29, 0.717) is 12.1 Å². The summed E-state index contributed by atoms with van der Waals surface area (Å²) in [6.07, 6.45) is 2.65. The largest absolute Gasteiger partial charge is 0.465 e. The van der Waals surface area contributed by atoms with Crippen molar-refractivity contribution in [3.8, 4) is 0 Å². The number of carbonyl (C=O) groups is 1. The van der Waals surface area contributed by atoms with Crippen LogP contribution in [-0.4, -0.2) is 67.3 Å². The van der Waals surface area contributed by atoms with Crippen LogP contribution in [0.1, 0.15) is 35.2 Å². The van der Waals surface area contributed by atoms with E-state index in [1.807, 2.05) is 26.2 Å². The average Bonchev–Trinajstić information content (AvgIpc) is 2.68. The van der Waals surface area contributed by atoms with Gasteiger partial charge in [0.25, 0.3) is 0 Å². The fraction of sp³-hybridized carbons (Fsp3) is 0.611. The van der Waals surface area contributed by atoms with Crippen LogP contribution >= 0.6 is 0 Å². The molecular formula is C18H28N2O3. The summed E-state index contributed by atoms with van der Waals surface area (Å²) < 4.78 is 4.72. The monoisotopic (exact) mass is 320 g/mol. The minimum Gasteiger partial charge on any atom is -0.465 e. The van der Waals surface area contributed by atoms with Crippen LogP contribution in [0, 0.1) is 0 Å². The van der Waals surface area contributed by atoms with Crippen molar-refractivity contribution >= 4 is 5.97 Å². The van der Waals surface area contributed by atoms with Crippen molar-refractivity contribution in [1.82, 2.24) is 9.80 Å². The second kappa shape index (κ2) is 7.90. The van der Waals surface area contributed by atoms with E-state index >= 15 is 0 Å². The van der Waals surface area contributed by atoms with Gasteiger partial charge in [-0.05, 0) is 57.6 Å². The highest BCUT2D eigenvalue weighted by Crippen LogP contribution is 2.24. The van der Waals surface area contributed by atoms with Crippen LogP contribution in [0.3, 0.4) is 0 Å². The van der Waals surface area contributed by atoms with E-state index in [-0.39, 0.29) is 5.97 Å². The Kier molecular flexibility index (Phi) is 6.16. The molecule has 1 aliphatic heterocycles. The van der Waals surface area contributed by atoms with E-state index in [0.717, 1.165) is 38.9 Å². The lowest BCUT2D eigenvalue weighted by molar-refractivity contribution is 0.00257. The molecule has 1 aliphatic rings. The van der Waals surface area contributed by atoms with Gasteiger partial charge in [-0.15, -0.1) is 0 Å². The van der Waals surface area contributed by atoms with Gasteiger partial charge in [-0.25, -0.2) is 4.79 Å². The predicted octanol–water partition coefficient (Wildman–Crippen LogP) is 1.75. The smallest absolute Gasteiger partial charge is 0.337 e. The number of esters is 1. The summed E-state index contributed by atoms with van der Waals surface area (Å²) in [5.74, 6) is -0.305. The zero-order valence-corrected chi connectivity index (χ0v) is 14.4. The minimum atomic E-state index is -0.576. The Bertz CT molecular complexity index is 516. The van der Waals surface area contributed by atoms with Crippen LogP contribution < -0.4 is 0 Å². The van der Waals surface area contributed by atoms with Gasteiger partial charge in [-0.3, -0.25) is 4.90 Å². The number of ether oxygens (including phenoxy) is 1.